The van der Waals surface area contributed by atoms with Gasteiger partial charge in [0.15, 0.2) is 0 Å². The summed E-state index contributed by atoms with van der Waals surface area (Å²) in [6, 6.07) is 0. The summed E-state index contributed by atoms with van der Waals surface area (Å²) in [7, 11) is 2.26. The first-order valence-corrected chi connectivity index (χ1v) is 7.51. The van der Waals surface area contributed by atoms with E-state index in [1.807, 2.05) is 0 Å². The van der Waals surface area contributed by atoms with Gasteiger partial charge in [0.2, 0.25) is 0 Å². The first-order chi connectivity index (χ1) is 8.78. The predicted octanol–water partition coefficient (Wildman–Crippen LogP) is 2.42. The molecule has 1 N–H and O–H groups in total. The lowest BCUT2D eigenvalue weighted by molar-refractivity contribution is 0.133. The summed E-state index contributed by atoms with van der Waals surface area (Å²) in [5.74, 6) is 1.77. The number of fused-ring (bicyclic) bond motifs is 2. The van der Waals surface area contributed by atoms with E-state index in [4.69, 9.17) is 0 Å². The second kappa shape index (κ2) is 5.04. The van der Waals surface area contributed by atoms with Crippen molar-refractivity contribution < 1.29 is 0 Å². The Labute approximate surface area is 110 Å². The molecule has 1 aliphatic heterocycles. The smallest absolute Gasteiger partial charge is 0.0657 e. The standard InChI is InChI=1S/C15H25N3/c1-3-4-5-14-13-8-12-10-18(2)7-6-11(12)9-15(13)17-16-14/h11-12H,3-10H2,1-2H3,(H,16,17)/t11-,12+/m0/s1. The quantitative estimate of drug-likeness (QED) is 0.889. The first-order valence-electron chi connectivity index (χ1n) is 7.51. The van der Waals surface area contributed by atoms with Gasteiger partial charge in [0.1, 0.15) is 0 Å². The van der Waals surface area contributed by atoms with Gasteiger partial charge in [0.25, 0.3) is 0 Å². The van der Waals surface area contributed by atoms with E-state index < -0.39 is 0 Å². The van der Waals surface area contributed by atoms with Crippen molar-refractivity contribution in [2.75, 3.05) is 20.1 Å². The number of nitrogens with one attached hydrogen (secondary N) is 1. The Kier molecular flexibility index (Phi) is 3.42. The molecular weight excluding hydrogens is 222 g/mol. The maximum atomic E-state index is 4.57. The Balaban J connectivity index is 1.77. The second-order valence-corrected chi connectivity index (χ2v) is 6.21. The predicted molar refractivity (Wildman–Crippen MR) is 73.7 cm³/mol. The molecule has 3 rings (SSSR count). The Hall–Kier alpha value is -0.830. The molecule has 0 amide bonds. The maximum Gasteiger partial charge on any atom is 0.0657 e. The highest BCUT2D eigenvalue weighted by Crippen LogP contribution is 2.36. The van der Waals surface area contributed by atoms with E-state index in [1.54, 1.807) is 5.56 Å². The Morgan fingerprint density at radius 3 is 3.06 bits per heavy atom. The SMILES string of the molecule is CCCCc1n[nH]c2c1C[C@@H]1CN(C)CC[C@H]1C2. The molecule has 0 aromatic carbocycles. The number of nitrogens with zero attached hydrogens (tertiary/aromatic N) is 2. The average molecular weight is 247 g/mol. The zero-order valence-corrected chi connectivity index (χ0v) is 11.7. The van der Waals surface area contributed by atoms with Crippen molar-refractivity contribution in [3.8, 4) is 0 Å². The van der Waals surface area contributed by atoms with Gasteiger partial charge in [0.05, 0.1) is 5.69 Å². The minimum absolute atomic E-state index is 0.870. The molecule has 3 heteroatoms. The van der Waals surface area contributed by atoms with E-state index in [2.05, 4.69) is 29.1 Å². The molecule has 1 aromatic heterocycles. The van der Waals surface area contributed by atoms with Gasteiger partial charge in [-0.25, -0.2) is 0 Å². The van der Waals surface area contributed by atoms with Crippen LogP contribution in [0.5, 0.6) is 0 Å². The summed E-state index contributed by atoms with van der Waals surface area (Å²) in [6.07, 6.45) is 7.56. The molecule has 100 valence electrons. The number of likely N-dealkylation sites (tertiary alicyclic amines) is 1. The number of aromatic nitrogens is 2. The molecule has 1 aliphatic carbocycles. The van der Waals surface area contributed by atoms with Crippen LogP contribution < -0.4 is 0 Å². The molecule has 18 heavy (non-hydrogen) atoms. The third-order valence-electron chi connectivity index (χ3n) is 4.83. The van der Waals surface area contributed by atoms with E-state index in [0.29, 0.717) is 0 Å². The zero-order valence-electron chi connectivity index (χ0n) is 11.7. The van der Waals surface area contributed by atoms with Crippen LogP contribution in [0, 0.1) is 11.8 Å². The summed E-state index contributed by atoms with van der Waals surface area (Å²) in [5.41, 5.74) is 4.38. The maximum absolute atomic E-state index is 4.57. The lowest BCUT2D eigenvalue weighted by atomic mass is 9.74. The van der Waals surface area contributed by atoms with Crippen LogP contribution in [0.2, 0.25) is 0 Å². The van der Waals surface area contributed by atoms with Crippen molar-refractivity contribution in [3.63, 3.8) is 0 Å². The van der Waals surface area contributed by atoms with Crippen LogP contribution in [0.15, 0.2) is 0 Å². The van der Waals surface area contributed by atoms with Gasteiger partial charge in [0, 0.05) is 12.2 Å². The van der Waals surface area contributed by atoms with Gasteiger partial charge in [-0.1, -0.05) is 13.3 Å². The Morgan fingerprint density at radius 2 is 2.22 bits per heavy atom. The molecule has 0 unspecified atom stereocenters. The zero-order chi connectivity index (χ0) is 12.5. The Bertz CT molecular complexity index is 396. The van der Waals surface area contributed by atoms with Gasteiger partial charge in [-0.15, -0.1) is 0 Å². The fourth-order valence-corrected chi connectivity index (χ4v) is 3.69. The fraction of sp³-hybridized carbons (Fsp3) is 0.800. The molecule has 1 aromatic rings. The largest absolute Gasteiger partial charge is 0.306 e. The number of H-pyrrole nitrogens is 1. The minimum atomic E-state index is 0.870. The van der Waals surface area contributed by atoms with Crippen molar-refractivity contribution >= 4 is 0 Å². The summed E-state index contributed by atoms with van der Waals surface area (Å²) in [5, 5.41) is 7.89. The topological polar surface area (TPSA) is 31.9 Å². The molecule has 2 heterocycles. The molecule has 0 bridgehead atoms. The lowest BCUT2D eigenvalue weighted by Gasteiger charge is -2.39. The van der Waals surface area contributed by atoms with Gasteiger partial charge in [-0.2, -0.15) is 5.10 Å². The second-order valence-electron chi connectivity index (χ2n) is 6.21. The number of rotatable bonds is 3. The molecule has 3 nitrogen and oxygen atoms in total. The number of aryl methyl sites for hydroxylation is 1. The highest BCUT2D eigenvalue weighted by molar-refractivity contribution is 5.29. The van der Waals surface area contributed by atoms with E-state index in [-0.39, 0.29) is 0 Å². The number of hydrogen-bond acceptors (Lipinski definition) is 2. The van der Waals surface area contributed by atoms with E-state index in [9.17, 15) is 0 Å². The molecule has 1 saturated heterocycles. The highest BCUT2D eigenvalue weighted by atomic mass is 15.1. The molecule has 0 saturated carbocycles. The fourth-order valence-electron chi connectivity index (χ4n) is 3.69. The first kappa shape index (κ1) is 12.2. The normalized spacial score (nSPS) is 27.9. The average Bonchev–Trinajstić information content (AvgIpc) is 2.76. The summed E-state index contributed by atoms with van der Waals surface area (Å²) in [4.78, 5) is 2.50. The number of piperidine rings is 1. The van der Waals surface area contributed by atoms with Crippen LogP contribution in [0.25, 0.3) is 0 Å². The third kappa shape index (κ3) is 2.20. The van der Waals surface area contributed by atoms with E-state index in [0.717, 1.165) is 18.3 Å². The van der Waals surface area contributed by atoms with Crippen molar-refractivity contribution in [2.45, 2.75) is 45.4 Å². The molecule has 1 fully saturated rings. The number of unbranched alkanes of at least 4 members (excludes halogenated alkanes) is 1. The van der Waals surface area contributed by atoms with Crippen LogP contribution >= 0.6 is 0 Å². The number of aromatic amines is 1. The van der Waals surface area contributed by atoms with Crippen molar-refractivity contribution in [1.29, 1.82) is 0 Å². The number of hydrogen-bond donors (Lipinski definition) is 1. The molecule has 0 radical (unpaired) electrons. The van der Waals surface area contributed by atoms with Crippen LogP contribution in [0.3, 0.4) is 0 Å². The lowest BCUT2D eigenvalue weighted by Crippen LogP contribution is -2.41. The van der Waals surface area contributed by atoms with Gasteiger partial charge < -0.3 is 4.90 Å². The minimum Gasteiger partial charge on any atom is -0.306 e. The monoisotopic (exact) mass is 247 g/mol. The summed E-state index contributed by atoms with van der Waals surface area (Å²) < 4.78 is 0. The van der Waals surface area contributed by atoms with Crippen molar-refractivity contribution in [3.05, 3.63) is 17.0 Å². The van der Waals surface area contributed by atoms with Crippen molar-refractivity contribution in [2.24, 2.45) is 11.8 Å². The molecule has 2 aliphatic rings. The van der Waals surface area contributed by atoms with Crippen LogP contribution in [-0.2, 0) is 19.3 Å². The Morgan fingerprint density at radius 1 is 1.33 bits per heavy atom. The summed E-state index contributed by atoms with van der Waals surface area (Å²) in [6.45, 7) is 4.81. The van der Waals surface area contributed by atoms with Gasteiger partial charge >= 0.3 is 0 Å². The van der Waals surface area contributed by atoms with E-state index >= 15 is 0 Å². The van der Waals surface area contributed by atoms with Crippen LogP contribution in [0.1, 0.15) is 43.1 Å². The van der Waals surface area contributed by atoms with Crippen molar-refractivity contribution in [1.82, 2.24) is 15.1 Å². The summed E-state index contributed by atoms with van der Waals surface area (Å²) >= 11 is 0. The molecule has 0 spiro atoms. The van der Waals surface area contributed by atoms with Gasteiger partial charge in [-0.05, 0) is 63.1 Å². The van der Waals surface area contributed by atoms with Gasteiger partial charge in [-0.3, -0.25) is 5.10 Å². The van der Waals surface area contributed by atoms with Crippen LogP contribution in [0.4, 0.5) is 0 Å². The van der Waals surface area contributed by atoms with E-state index in [1.165, 1.54) is 56.6 Å². The molecular formula is C15H25N3. The molecule has 2 atom stereocenters. The third-order valence-corrected chi connectivity index (χ3v) is 4.83. The van der Waals surface area contributed by atoms with Crippen LogP contribution in [-0.4, -0.2) is 35.2 Å². The highest BCUT2D eigenvalue weighted by Gasteiger charge is 2.34.